The van der Waals surface area contributed by atoms with Gasteiger partial charge in [-0.3, -0.25) is 4.79 Å². The van der Waals surface area contributed by atoms with E-state index in [1.54, 1.807) is 0 Å². The number of carbonyl (C=O) groups is 2. The van der Waals surface area contributed by atoms with Crippen molar-refractivity contribution in [1.29, 1.82) is 0 Å². The highest BCUT2D eigenvalue weighted by molar-refractivity contribution is 9.10. The highest BCUT2D eigenvalue weighted by atomic mass is 79.9. The van der Waals surface area contributed by atoms with Crippen LogP contribution < -0.4 is 14.8 Å². The Morgan fingerprint density at radius 2 is 1.79 bits per heavy atom. The van der Waals surface area contributed by atoms with Gasteiger partial charge in [-0.1, -0.05) is 25.1 Å². The van der Waals surface area contributed by atoms with Gasteiger partial charge in [0.1, 0.15) is 22.1 Å². The van der Waals surface area contributed by atoms with Crippen LogP contribution in [0, 0.1) is 6.92 Å². The van der Waals surface area contributed by atoms with E-state index in [9.17, 15) is 9.59 Å². The number of aryl methyl sites for hydroxylation is 2. The van der Waals surface area contributed by atoms with E-state index < -0.39 is 5.97 Å². The van der Waals surface area contributed by atoms with E-state index in [1.165, 1.54) is 18.4 Å². The van der Waals surface area contributed by atoms with Crippen molar-refractivity contribution in [3.63, 3.8) is 0 Å². The van der Waals surface area contributed by atoms with Gasteiger partial charge in [-0.25, -0.2) is 4.79 Å². The lowest BCUT2D eigenvalue weighted by molar-refractivity contribution is -0.118. The molecule has 0 aliphatic carbocycles. The molecule has 6 nitrogen and oxygen atoms in total. The molecule has 174 valence electrons. The van der Waals surface area contributed by atoms with Gasteiger partial charge in [0.15, 0.2) is 6.61 Å². The molecule has 8 heteroatoms. The standard InChI is InChI=1S/C25H26BrNO5S/c1-5-16-7-12-20(19(26)13-16)32-14-21(28)27-24-23(25(29)30-4)22(15(3)33-24)17-8-10-18(11-9-17)31-6-2/h7-13H,5-6,14H2,1-4H3,(H,27,28). The molecule has 0 saturated heterocycles. The van der Waals surface area contributed by atoms with Gasteiger partial charge in [0.05, 0.1) is 18.2 Å². The van der Waals surface area contributed by atoms with Crippen LogP contribution in [0.4, 0.5) is 5.00 Å². The number of anilines is 1. The van der Waals surface area contributed by atoms with E-state index >= 15 is 0 Å². The number of hydrogen-bond acceptors (Lipinski definition) is 6. The number of esters is 1. The Kier molecular flexibility index (Phi) is 8.52. The van der Waals surface area contributed by atoms with Gasteiger partial charge in [-0.15, -0.1) is 11.3 Å². The summed E-state index contributed by atoms with van der Waals surface area (Å²) in [7, 11) is 1.32. The van der Waals surface area contributed by atoms with E-state index in [0.717, 1.165) is 38.2 Å². The van der Waals surface area contributed by atoms with Crippen molar-refractivity contribution in [2.45, 2.75) is 27.2 Å². The highest BCUT2D eigenvalue weighted by Gasteiger charge is 2.25. The maximum atomic E-state index is 12.6. The molecule has 0 spiro atoms. The lowest BCUT2D eigenvalue weighted by Crippen LogP contribution is -2.21. The number of amides is 1. The van der Waals surface area contributed by atoms with Crippen molar-refractivity contribution < 1.29 is 23.8 Å². The number of methoxy groups -OCH3 is 1. The number of hydrogen-bond donors (Lipinski definition) is 1. The average molecular weight is 532 g/mol. The van der Waals surface area contributed by atoms with Gasteiger partial charge in [0.2, 0.25) is 0 Å². The molecule has 1 N–H and O–H groups in total. The van der Waals surface area contributed by atoms with Crippen molar-refractivity contribution in [2.75, 3.05) is 25.6 Å². The lowest BCUT2D eigenvalue weighted by Gasteiger charge is -2.11. The molecule has 0 bridgehead atoms. The third-order valence-electron chi connectivity index (χ3n) is 4.94. The van der Waals surface area contributed by atoms with Crippen molar-refractivity contribution in [3.8, 4) is 22.6 Å². The van der Waals surface area contributed by atoms with E-state index in [2.05, 4.69) is 28.2 Å². The fraction of sp³-hybridized carbons (Fsp3) is 0.280. The zero-order valence-corrected chi connectivity index (χ0v) is 21.4. The first-order chi connectivity index (χ1) is 15.9. The number of rotatable bonds is 9. The van der Waals surface area contributed by atoms with Crippen LogP contribution in [0.15, 0.2) is 46.9 Å². The molecule has 0 fully saturated rings. The van der Waals surface area contributed by atoms with E-state index in [1.807, 2.05) is 56.3 Å². The van der Waals surface area contributed by atoms with Gasteiger partial charge in [-0.05, 0) is 71.6 Å². The number of benzene rings is 2. The molecule has 0 aliphatic rings. The molecule has 1 aromatic heterocycles. The maximum absolute atomic E-state index is 12.6. The second-order valence-corrected chi connectivity index (χ2v) is 9.22. The predicted molar refractivity (Wildman–Crippen MR) is 135 cm³/mol. The van der Waals surface area contributed by atoms with Gasteiger partial charge in [0.25, 0.3) is 5.91 Å². The lowest BCUT2D eigenvalue weighted by atomic mass is 10.0. The molecule has 1 heterocycles. The van der Waals surface area contributed by atoms with Crippen LogP contribution in [0.5, 0.6) is 11.5 Å². The number of halogens is 1. The molecule has 1 amide bonds. The summed E-state index contributed by atoms with van der Waals surface area (Å²) in [6, 6.07) is 13.2. The second-order valence-electron chi connectivity index (χ2n) is 7.14. The smallest absolute Gasteiger partial charge is 0.341 e. The molecule has 3 rings (SSSR count). The summed E-state index contributed by atoms with van der Waals surface area (Å²) in [4.78, 5) is 26.2. The van der Waals surface area contributed by atoms with Crippen LogP contribution in [0.2, 0.25) is 0 Å². The Labute approximate surface area is 206 Å². The van der Waals surface area contributed by atoms with Crippen LogP contribution in [0.1, 0.15) is 34.6 Å². The summed E-state index contributed by atoms with van der Waals surface area (Å²) >= 11 is 4.80. The third kappa shape index (κ3) is 5.94. The first kappa shape index (κ1) is 24.8. The third-order valence-corrected chi connectivity index (χ3v) is 6.58. The summed E-state index contributed by atoms with van der Waals surface area (Å²) in [6.45, 7) is 6.27. The quantitative estimate of drug-likeness (QED) is 0.330. The van der Waals surface area contributed by atoms with Crippen molar-refractivity contribution >= 4 is 44.1 Å². The number of ether oxygens (including phenoxy) is 3. The Hall–Kier alpha value is -2.84. The van der Waals surface area contributed by atoms with Gasteiger partial charge in [0, 0.05) is 10.4 Å². The molecular formula is C25H26BrNO5S. The minimum atomic E-state index is -0.516. The fourth-order valence-electron chi connectivity index (χ4n) is 3.35. The molecule has 0 atom stereocenters. The minimum absolute atomic E-state index is 0.194. The summed E-state index contributed by atoms with van der Waals surface area (Å²) in [5.74, 6) is 0.439. The maximum Gasteiger partial charge on any atom is 0.341 e. The van der Waals surface area contributed by atoms with Crippen molar-refractivity contribution in [3.05, 3.63) is 62.9 Å². The number of nitrogens with one attached hydrogen (secondary N) is 1. The van der Waals surface area contributed by atoms with Crippen LogP contribution in [-0.2, 0) is 16.0 Å². The second kappa shape index (κ2) is 11.3. The zero-order valence-electron chi connectivity index (χ0n) is 19.0. The summed E-state index contributed by atoms with van der Waals surface area (Å²) in [5.41, 5.74) is 3.05. The van der Waals surface area contributed by atoms with E-state index in [0.29, 0.717) is 22.9 Å². The van der Waals surface area contributed by atoms with Gasteiger partial charge >= 0.3 is 5.97 Å². The van der Waals surface area contributed by atoms with Gasteiger partial charge in [-0.2, -0.15) is 0 Å². The number of carbonyl (C=O) groups excluding carboxylic acids is 2. The minimum Gasteiger partial charge on any atom is -0.494 e. The molecular weight excluding hydrogens is 506 g/mol. The Balaban J connectivity index is 1.82. The van der Waals surface area contributed by atoms with Crippen LogP contribution in [-0.4, -0.2) is 32.2 Å². The summed E-state index contributed by atoms with van der Waals surface area (Å²) in [6.07, 6.45) is 0.907. The van der Waals surface area contributed by atoms with Crippen LogP contribution in [0.25, 0.3) is 11.1 Å². The Morgan fingerprint density at radius 3 is 2.39 bits per heavy atom. The average Bonchev–Trinajstić information content (AvgIpc) is 3.13. The largest absolute Gasteiger partial charge is 0.494 e. The first-order valence-electron chi connectivity index (χ1n) is 10.5. The Bertz CT molecular complexity index is 1140. The van der Waals surface area contributed by atoms with E-state index in [4.69, 9.17) is 14.2 Å². The zero-order chi connectivity index (χ0) is 24.0. The first-order valence-corrected chi connectivity index (χ1v) is 12.1. The molecule has 0 saturated carbocycles. The predicted octanol–water partition coefficient (Wildman–Crippen LogP) is 6.25. The SMILES string of the molecule is CCOc1ccc(-c2c(C)sc(NC(=O)COc3ccc(CC)cc3Br)c2C(=O)OC)cc1. The fourth-order valence-corrected chi connectivity index (χ4v) is 4.97. The molecule has 0 aliphatic heterocycles. The van der Waals surface area contributed by atoms with Crippen molar-refractivity contribution in [2.24, 2.45) is 0 Å². The topological polar surface area (TPSA) is 73.9 Å². The molecule has 3 aromatic rings. The van der Waals surface area contributed by atoms with Gasteiger partial charge < -0.3 is 19.5 Å². The summed E-state index contributed by atoms with van der Waals surface area (Å²) < 4.78 is 17.0. The molecule has 2 aromatic carbocycles. The van der Waals surface area contributed by atoms with Crippen molar-refractivity contribution in [1.82, 2.24) is 0 Å². The number of thiophene rings is 1. The molecule has 0 radical (unpaired) electrons. The molecule has 33 heavy (non-hydrogen) atoms. The summed E-state index contributed by atoms with van der Waals surface area (Å²) in [5, 5.41) is 3.24. The van der Waals surface area contributed by atoms with Crippen LogP contribution >= 0.6 is 27.3 Å². The monoisotopic (exact) mass is 531 g/mol. The normalized spacial score (nSPS) is 10.6. The van der Waals surface area contributed by atoms with Crippen LogP contribution in [0.3, 0.4) is 0 Å². The van der Waals surface area contributed by atoms with E-state index in [-0.39, 0.29) is 12.5 Å². The molecule has 0 unspecified atom stereocenters. The Morgan fingerprint density at radius 1 is 1.06 bits per heavy atom. The highest BCUT2D eigenvalue weighted by Crippen LogP contribution is 2.40.